The third-order valence-electron chi connectivity index (χ3n) is 5.82. The van der Waals surface area contributed by atoms with E-state index < -0.39 is 0 Å². The van der Waals surface area contributed by atoms with E-state index in [1.807, 2.05) is 54.6 Å². The molecule has 0 aromatic heterocycles. The molecule has 1 heterocycles. The van der Waals surface area contributed by atoms with Gasteiger partial charge in [0.05, 0.1) is 13.2 Å². The summed E-state index contributed by atoms with van der Waals surface area (Å²) >= 11 is 0. The van der Waals surface area contributed by atoms with Gasteiger partial charge in [-0.2, -0.15) is 0 Å². The zero-order valence-corrected chi connectivity index (χ0v) is 18.1. The van der Waals surface area contributed by atoms with Gasteiger partial charge in [0.15, 0.2) is 5.76 Å². The third kappa shape index (κ3) is 4.06. The van der Waals surface area contributed by atoms with Gasteiger partial charge in [-0.05, 0) is 40.3 Å². The van der Waals surface area contributed by atoms with Crippen LogP contribution in [0.2, 0.25) is 0 Å². The number of benzene rings is 3. The second kappa shape index (κ2) is 8.68. The van der Waals surface area contributed by atoms with Crippen LogP contribution in [0.25, 0.3) is 5.57 Å². The molecular formula is C27H27NO3. The van der Waals surface area contributed by atoms with E-state index in [-0.39, 0.29) is 17.7 Å². The Labute approximate surface area is 183 Å². The summed E-state index contributed by atoms with van der Waals surface area (Å²) < 4.78 is 5.24. The normalized spacial score (nSPS) is 16.3. The monoisotopic (exact) mass is 413 g/mol. The Hall–Kier alpha value is -3.53. The molecule has 4 rings (SSSR count). The molecule has 31 heavy (non-hydrogen) atoms. The van der Waals surface area contributed by atoms with Crippen molar-refractivity contribution >= 4 is 11.5 Å². The summed E-state index contributed by atoms with van der Waals surface area (Å²) in [6.45, 7) is 4.70. The molecule has 0 saturated heterocycles. The molecule has 0 spiro atoms. The van der Waals surface area contributed by atoms with Gasteiger partial charge in [-0.15, -0.1) is 0 Å². The first-order valence-electron chi connectivity index (χ1n) is 10.5. The Balaban J connectivity index is 1.76. The van der Waals surface area contributed by atoms with Crippen LogP contribution in [-0.4, -0.2) is 23.0 Å². The second-order valence-electron chi connectivity index (χ2n) is 8.13. The number of amides is 1. The van der Waals surface area contributed by atoms with Crippen LogP contribution in [0.15, 0.2) is 84.6 Å². The van der Waals surface area contributed by atoms with Crippen molar-refractivity contribution in [2.75, 3.05) is 7.11 Å². The quantitative estimate of drug-likeness (QED) is 0.550. The van der Waals surface area contributed by atoms with E-state index in [2.05, 4.69) is 38.1 Å². The Morgan fingerprint density at radius 3 is 2.16 bits per heavy atom. The minimum atomic E-state index is -0.363. The Kier molecular flexibility index (Phi) is 5.81. The molecule has 1 amide bonds. The van der Waals surface area contributed by atoms with Crippen molar-refractivity contribution in [3.05, 3.63) is 107 Å². The van der Waals surface area contributed by atoms with E-state index in [4.69, 9.17) is 4.74 Å². The summed E-state index contributed by atoms with van der Waals surface area (Å²) in [6.07, 6.45) is 0. The number of hydrogen-bond acceptors (Lipinski definition) is 3. The van der Waals surface area contributed by atoms with Gasteiger partial charge < -0.3 is 14.7 Å². The molecular weight excluding hydrogens is 386 g/mol. The van der Waals surface area contributed by atoms with Gasteiger partial charge in [0.1, 0.15) is 5.75 Å². The number of hydrogen-bond donors (Lipinski definition) is 1. The van der Waals surface area contributed by atoms with E-state index in [0.29, 0.717) is 18.0 Å². The SMILES string of the molecule is COc1ccc(CN2C(=O)C(O)=C(c3ccccc3)[C@H]2c2ccc(C(C)C)cc2)cc1. The number of methoxy groups -OCH3 is 1. The number of aliphatic hydroxyl groups excluding tert-OH is 1. The van der Waals surface area contributed by atoms with Crippen molar-refractivity contribution in [3.8, 4) is 5.75 Å². The first-order valence-corrected chi connectivity index (χ1v) is 10.5. The Morgan fingerprint density at radius 1 is 0.935 bits per heavy atom. The van der Waals surface area contributed by atoms with Crippen molar-refractivity contribution in [1.82, 2.24) is 4.90 Å². The summed E-state index contributed by atoms with van der Waals surface area (Å²) in [5.41, 5.74) is 4.69. The van der Waals surface area contributed by atoms with Crippen LogP contribution >= 0.6 is 0 Å². The predicted molar refractivity (Wildman–Crippen MR) is 123 cm³/mol. The minimum absolute atomic E-state index is 0.183. The first-order chi connectivity index (χ1) is 15.0. The summed E-state index contributed by atoms with van der Waals surface area (Å²) in [5, 5.41) is 10.9. The molecule has 0 aliphatic carbocycles. The molecule has 0 saturated carbocycles. The lowest BCUT2D eigenvalue weighted by molar-refractivity contribution is -0.130. The van der Waals surface area contributed by atoms with Crippen molar-refractivity contribution in [3.63, 3.8) is 0 Å². The molecule has 1 aliphatic heterocycles. The standard InChI is InChI=1S/C27H27NO3/c1-18(2)20-11-13-22(14-12-20)25-24(21-7-5-4-6-8-21)26(29)27(30)28(25)17-19-9-15-23(31-3)16-10-19/h4-16,18,25,29H,17H2,1-3H3/t25-/m1/s1. The number of rotatable bonds is 6. The van der Waals surface area contributed by atoms with Gasteiger partial charge >= 0.3 is 0 Å². The van der Waals surface area contributed by atoms with E-state index in [0.717, 1.165) is 22.4 Å². The zero-order valence-electron chi connectivity index (χ0n) is 18.1. The van der Waals surface area contributed by atoms with Gasteiger partial charge in [-0.25, -0.2) is 0 Å². The molecule has 1 N–H and O–H groups in total. The summed E-state index contributed by atoms with van der Waals surface area (Å²) in [4.78, 5) is 14.9. The average Bonchev–Trinajstić information content (AvgIpc) is 3.05. The Bertz CT molecular complexity index is 1080. The smallest absolute Gasteiger partial charge is 0.290 e. The maximum atomic E-state index is 13.2. The highest BCUT2D eigenvalue weighted by molar-refractivity contribution is 6.05. The van der Waals surface area contributed by atoms with Crippen LogP contribution in [0.3, 0.4) is 0 Å². The van der Waals surface area contributed by atoms with Crippen molar-refractivity contribution < 1.29 is 14.6 Å². The fraction of sp³-hybridized carbons (Fsp3) is 0.222. The molecule has 158 valence electrons. The molecule has 0 unspecified atom stereocenters. The topological polar surface area (TPSA) is 49.8 Å². The van der Waals surface area contributed by atoms with Crippen LogP contribution < -0.4 is 4.74 Å². The lowest BCUT2D eigenvalue weighted by Gasteiger charge is -2.28. The van der Waals surface area contributed by atoms with E-state index in [9.17, 15) is 9.90 Å². The van der Waals surface area contributed by atoms with Gasteiger partial charge in [0.2, 0.25) is 0 Å². The van der Waals surface area contributed by atoms with Crippen molar-refractivity contribution in [1.29, 1.82) is 0 Å². The molecule has 3 aromatic rings. The lowest BCUT2D eigenvalue weighted by atomic mass is 9.91. The molecule has 0 fully saturated rings. The third-order valence-corrected chi connectivity index (χ3v) is 5.82. The van der Waals surface area contributed by atoms with Gasteiger partial charge in [-0.1, -0.05) is 80.6 Å². The van der Waals surface area contributed by atoms with Gasteiger partial charge in [0, 0.05) is 12.1 Å². The molecule has 4 heteroatoms. The number of aliphatic hydroxyl groups is 1. The van der Waals surface area contributed by atoms with Crippen LogP contribution in [0, 0.1) is 0 Å². The van der Waals surface area contributed by atoms with Crippen LogP contribution in [-0.2, 0) is 11.3 Å². The summed E-state index contributed by atoms with van der Waals surface area (Å²) in [7, 11) is 1.63. The molecule has 1 aliphatic rings. The fourth-order valence-corrected chi connectivity index (χ4v) is 4.07. The van der Waals surface area contributed by atoms with E-state index >= 15 is 0 Å². The predicted octanol–water partition coefficient (Wildman–Crippen LogP) is 5.87. The van der Waals surface area contributed by atoms with E-state index in [1.54, 1.807) is 12.0 Å². The van der Waals surface area contributed by atoms with Crippen LogP contribution in [0.1, 0.15) is 48.1 Å². The number of nitrogens with zero attached hydrogens (tertiary/aromatic N) is 1. The molecule has 3 aromatic carbocycles. The summed E-state index contributed by atoms with van der Waals surface area (Å²) in [5.74, 6) is 0.653. The number of carbonyl (C=O) groups excluding carboxylic acids is 1. The number of ether oxygens (including phenoxy) is 1. The fourth-order valence-electron chi connectivity index (χ4n) is 4.07. The molecule has 0 radical (unpaired) electrons. The summed E-state index contributed by atoms with van der Waals surface area (Å²) in [6, 6.07) is 25.3. The lowest BCUT2D eigenvalue weighted by Crippen LogP contribution is -2.29. The molecule has 0 bridgehead atoms. The largest absolute Gasteiger partial charge is 0.503 e. The molecule has 1 atom stereocenters. The van der Waals surface area contributed by atoms with Crippen molar-refractivity contribution in [2.45, 2.75) is 32.4 Å². The van der Waals surface area contributed by atoms with Crippen LogP contribution in [0.5, 0.6) is 5.75 Å². The second-order valence-corrected chi connectivity index (χ2v) is 8.13. The van der Waals surface area contributed by atoms with Crippen molar-refractivity contribution in [2.24, 2.45) is 0 Å². The highest BCUT2D eigenvalue weighted by Crippen LogP contribution is 2.43. The first kappa shape index (κ1) is 20.7. The van der Waals surface area contributed by atoms with Crippen LogP contribution in [0.4, 0.5) is 0 Å². The van der Waals surface area contributed by atoms with Gasteiger partial charge in [0.25, 0.3) is 5.91 Å². The maximum absolute atomic E-state index is 13.2. The average molecular weight is 414 g/mol. The maximum Gasteiger partial charge on any atom is 0.290 e. The highest BCUT2D eigenvalue weighted by atomic mass is 16.5. The number of carbonyl (C=O) groups is 1. The Morgan fingerprint density at radius 2 is 1.58 bits per heavy atom. The van der Waals surface area contributed by atoms with E-state index in [1.165, 1.54) is 5.56 Å². The van der Waals surface area contributed by atoms with Gasteiger partial charge in [-0.3, -0.25) is 4.79 Å². The molecule has 4 nitrogen and oxygen atoms in total. The minimum Gasteiger partial charge on any atom is -0.503 e. The zero-order chi connectivity index (χ0) is 22.0. The highest BCUT2D eigenvalue weighted by Gasteiger charge is 2.40.